The Labute approximate surface area is 172 Å². The van der Waals surface area contributed by atoms with Crippen LogP contribution in [0.25, 0.3) is 16.5 Å². The summed E-state index contributed by atoms with van der Waals surface area (Å²) >= 11 is 0. The number of alkyl halides is 3. The van der Waals surface area contributed by atoms with Crippen molar-refractivity contribution in [2.24, 2.45) is 10.9 Å². The van der Waals surface area contributed by atoms with Gasteiger partial charge in [0.05, 0.1) is 5.52 Å². The maximum Gasteiger partial charge on any atom is 0.431 e. The number of carbonyl (C=O) groups is 1. The van der Waals surface area contributed by atoms with Gasteiger partial charge in [-0.05, 0) is 36.8 Å². The molecule has 1 fully saturated rings. The number of hydrogen-bond donors (Lipinski definition) is 2. The van der Waals surface area contributed by atoms with Crippen LogP contribution in [-0.4, -0.2) is 50.0 Å². The van der Waals surface area contributed by atoms with Crippen LogP contribution in [0.4, 0.5) is 13.2 Å². The molecule has 2 atom stereocenters. The summed E-state index contributed by atoms with van der Waals surface area (Å²) in [5, 5.41) is 5.69. The van der Waals surface area contributed by atoms with E-state index in [4.69, 9.17) is 4.74 Å². The van der Waals surface area contributed by atoms with Gasteiger partial charge in [-0.1, -0.05) is 0 Å². The molecule has 0 radical (unpaired) electrons. The van der Waals surface area contributed by atoms with Crippen molar-refractivity contribution in [3.05, 3.63) is 41.7 Å². The largest absolute Gasteiger partial charge is 0.490 e. The first kappa shape index (κ1) is 21.6. The van der Waals surface area contributed by atoms with Crippen molar-refractivity contribution in [1.29, 1.82) is 0 Å². The molecule has 1 amide bonds. The molecule has 1 aliphatic rings. The van der Waals surface area contributed by atoms with Crippen LogP contribution in [0.5, 0.6) is 5.75 Å². The van der Waals surface area contributed by atoms with Gasteiger partial charge in [0, 0.05) is 56.3 Å². The fourth-order valence-corrected chi connectivity index (χ4v) is 3.50. The summed E-state index contributed by atoms with van der Waals surface area (Å²) in [5.74, 6) is 0.342. The third-order valence-corrected chi connectivity index (χ3v) is 5.04. The van der Waals surface area contributed by atoms with Gasteiger partial charge in [-0.3, -0.25) is 14.8 Å². The number of hydrogen-bond acceptors (Lipinski definition) is 5. The number of benzene rings is 1. The number of pyridine rings is 1. The fourth-order valence-electron chi connectivity index (χ4n) is 3.50. The first-order valence-electron chi connectivity index (χ1n) is 9.48. The molecule has 9 heteroatoms. The number of nitrogens with one attached hydrogen (secondary N) is 2. The van der Waals surface area contributed by atoms with E-state index in [0.29, 0.717) is 29.6 Å². The Hall–Kier alpha value is -3.10. The molecule has 1 aliphatic heterocycles. The number of amides is 1. The third-order valence-electron chi connectivity index (χ3n) is 5.04. The molecule has 0 aliphatic carbocycles. The van der Waals surface area contributed by atoms with Crippen LogP contribution in [0.3, 0.4) is 0 Å². The SMILES string of the molecule is CN=CC(=C(NC)C(F)(F)F)c1cc(O[C@H](C)[C@H]2CNC(=O)C2)c2cccnc2c1. The lowest BCUT2D eigenvalue weighted by Crippen LogP contribution is -2.26. The predicted octanol–water partition coefficient (Wildman–Crippen LogP) is 3.33. The Balaban J connectivity index is 2.12. The third kappa shape index (κ3) is 4.55. The second kappa shape index (κ2) is 8.73. The Bertz CT molecular complexity index is 1000. The van der Waals surface area contributed by atoms with Gasteiger partial charge in [-0.15, -0.1) is 0 Å². The molecule has 3 rings (SSSR count). The summed E-state index contributed by atoms with van der Waals surface area (Å²) in [6.45, 7) is 2.35. The highest BCUT2D eigenvalue weighted by molar-refractivity contribution is 6.12. The van der Waals surface area contributed by atoms with Crippen LogP contribution < -0.4 is 15.4 Å². The van der Waals surface area contributed by atoms with Gasteiger partial charge in [0.2, 0.25) is 5.91 Å². The number of fused-ring (bicyclic) bond motifs is 1. The van der Waals surface area contributed by atoms with Crippen molar-refractivity contribution >= 4 is 28.6 Å². The van der Waals surface area contributed by atoms with Crippen molar-refractivity contribution in [2.75, 3.05) is 20.6 Å². The molecule has 0 bridgehead atoms. The molecule has 0 saturated carbocycles. The first-order chi connectivity index (χ1) is 14.2. The van der Waals surface area contributed by atoms with Crippen molar-refractivity contribution in [3.8, 4) is 5.75 Å². The van der Waals surface area contributed by atoms with Gasteiger partial charge in [0.25, 0.3) is 0 Å². The average molecular weight is 420 g/mol. The molecule has 160 valence electrons. The average Bonchev–Trinajstić information content (AvgIpc) is 3.13. The van der Waals surface area contributed by atoms with Gasteiger partial charge in [-0.2, -0.15) is 13.2 Å². The molecule has 30 heavy (non-hydrogen) atoms. The number of halogens is 3. The van der Waals surface area contributed by atoms with E-state index in [1.165, 1.54) is 14.1 Å². The fraction of sp³-hybridized carbons (Fsp3) is 0.381. The molecule has 1 aromatic carbocycles. The highest BCUT2D eigenvalue weighted by Crippen LogP contribution is 2.35. The lowest BCUT2D eigenvalue weighted by molar-refractivity contribution is -0.119. The molecule has 6 nitrogen and oxygen atoms in total. The quantitative estimate of drug-likeness (QED) is 0.703. The van der Waals surface area contributed by atoms with Crippen molar-refractivity contribution in [3.63, 3.8) is 0 Å². The zero-order valence-corrected chi connectivity index (χ0v) is 16.9. The van der Waals surface area contributed by atoms with Gasteiger partial charge in [-0.25, -0.2) is 0 Å². The lowest BCUT2D eigenvalue weighted by atomic mass is 10.00. The van der Waals surface area contributed by atoms with Crippen molar-refractivity contribution in [1.82, 2.24) is 15.6 Å². The maximum absolute atomic E-state index is 13.6. The minimum atomic E-state index is -4.59. The van der Waals surface area contributed by atoms with Crippen molar-refractivity contribution in [2.45, 2.75) is 25.6 Å². The topological polar surface area (TPSA) is 75.6 Å². The Morgan fingerprint density at radius 3 is 2.80 bits per heavy atom. The molecule has 2 heterocycles. The normalized spacial score (nSPS) is 19.0. The first-order valence-corrected chi connectivity index (χ1v) is 9.48. The van der Waals surface area contributed by atoms with E-state index < -0.39 is 11.9 Å². The molecule has 2 aromatic rings. The second-order valence-corrected chi connectivity index (χ2v) is 7.06. The molecule has 0 spiro atoms. The highest BCUT2D eigenvalue weighted by atomic mass is 19.4. The highest BCUT2D eigenvalue weighted by Gasteiger charge is 2.36. The summed E-state index contributed by atoms with van der Waals surface area (Å²) in [7, 11) is 2.63. The van der Waals surface area contributed by atoms with Crippen LogP contribution in [0.15, 0.2) is 41.2 Å². The van der Waals surface area contributed by atoms with Gasteiger partial charge in [0.15, 0.2) is 0 Å². The molecule has 1 saturated heterocycles. The van der Waals surface area contributed by atoms with Crippen molar-refractivity contribution < 1.29 is 22.7 Å². The number of allylic oxidation sites excluding steroid dienone is 2. The summed E-state index contributed by atoms with van der Waals surface area (Å²) in [6, 6.07) is 6.67. The molecule has 1 aromatic heterocycles. The Kier molecular flexibility index (Phi) is 6.28. The zero-order chi connectivity index (χ0) is 21.9. The van der Waals surface area contributed by atoms with Crippen LogP contribution in [0.1, 0.15) is 18.9 Å². The van der Waals surface area contributed by atoms with E-state index >= 15 is 0 Å². The van der Waals surface area contributed by atoms with E-state index in [-0.39, 0.29) is 29.1 Å². The lowest BCUT2D eigenvalue weighted by Gasteiger charge is -2.22. The monoisotopic (exact) mass is 420 g/mol. The maximum atomic E-state index is 13.6. The molecular formula is C21H23F3N4O2. The van der Waals surface area contributed by atoms with Crippen LogP contribution in [0, 0.1) is 5.92 Å². The number of aliphatic imine (C=N–C) groups is 1. The van der Waals surface area contributed by atoms with E-state index in [1.807, 2.05) is 6.92 Å². The smallest absolute Gasteiger partial charge is 0.431 e. The standard InChI is InChI=1S/C21H23F3N4O2/c1-12(14-9-19(29)28-10-14)30-18-8-13(7-17-15(18)5-4-6-27-17)16(11-25-2)20(26-3)21(22,23)24/h4-8,11-12,14,26H,9-10H2,1-3H3,(H,28,29)/t12-,14-/m1/s1. The molecular weight excluding hydrogens is 397 g/mol. The summed E-state index contributed by atoms with van der Waals surface area (Å²) in [5.41, 5.74) is -0.253. The molecule has 2 N–H and O–H groups in total. The second-order valence-electron chi connectivity index (χ2n) is 7.06. The summed E-state index contributed by atoms with van der Waals surface area (Å²) in [4.78, 5) is 19.6. The number of carbonyl (C=O) groups excluding carboxylic acids is 1. The summed E-state index contributed by atoms with van der Waals surface area (Å²) < 4.78 is 46.9. The van der Waals surface area contributed by atoms with E-state index in [2.05, 4.69) is 20.6 Å². The van der Waals surface area contributed by atoms with E-state index in [9.17, 15) is 18.0 Å². The Morgan fingerprint density at radius 2 is 2.20 bits per heavy atom. The number of aromatic nitrogens is 1. The Morgan fingerprint density at radius 1 is 1.43 bits per heavy atom. The van der Waals surface area contributed by atoms with Crippen LogP contribution in [0.2, 0.25) is 0 Å². The number of ether oxygens (including phenoxy) is 1. The van der Waals surface area contributed by atoms with E-state index in [0.717, 1.165) is 6.21 Å². The number of nitrogens with zero attached hydrogens (tertiary/aromatic N) is 2. The molecule has 0 unspecified atom stereocenters. The van der Waals surface area contributed by atoms with Crippen LogP contribution in [-0.2, 0) is 4.79 Å². The van der Waals surface area contributed by atoms with Crippen LogP contribution >= 0.6 is 0 Å². The predicted molar refractivity (Wildman–Crippen MR) is 109 cm³/mol. The minimum absolute atomic E-state index is 0.0249. The van der Waals surface area contributed by atoms with Gasteiger partial charge in [0.1, 0.15) is 17.6 Å². The number of rotatable bonds is 6. The summed E-state index contributed by atoms with van der Waals surface area (Å²) in [6.07, 6.45) is -1.83. The zero-order valence-electron chi connectivity index (χ0n) is 16.9. The van der Waals surface area contributed by atoms with Gasteiger partial charge >= 0.3 is 6.18 Å². The van der Waals surface area contributed by atoms with E-state index in [1.54, 1.807) is 30.5 Å². The van der Waals surface area contributed by atoms with Gasteiger partial charge < -0.3 is 15.4 Å². The minimum Gasteiger partial charge on any atom is -0.490 e.